The lowest BCUT2D eigenvalue weighted by Gasteiger charge is -1.96. The number of rotatable bonds is 4. The van der Waals surface area contributed by atoms with Crippen molar-refractivity contribution in [3.63, 3.8) is 0 Å². The zero-order chi connectivity index (χ0) is 17.2. The highest BCUT2D eigenvalue weighted by Gasteiger charge is 2.15. The van der Waals surface area contributed by atoms with E-state index in [0.717, 1.165) is 16.0 Å². The molecule has 0 atom stereocenters. The normalized spacial score (nSPS) is 10.9. The molecule has 0 saturated heterocycles. The van der Waals surface area contributed by atoms with Crippen molar-refractivity contribution in [1.29, 1.82) is 0 Å². The van der Waals surface area contributed by atoms with Crippen LogP contribution in [0.1, 0.15) is 21.1 Å². The predicted octanol–water partition coefficient (Wildman–Crippen LogP) is 4.78. The summed E-state index contributed by atoms with van der Waals surface area (Å²) in [6.45, 7) is 0. The van der Waals surface area contributed by atoms with Gasteiger partial charge in [0.1, 0.15) is 10.6 Å². The van der Waals surface area contributed by atoms with E-state index in [9.17, 15) is 4.79 Å². The van der Waals surface area contributed by atoms with Gasteiger partial charge in [-0.05, 0) is 29.8 Å². The lowest BCUT2D eigenvalue weighted by atomic mass is 10.2. The van der Waals surface area contributed by atoms with E-state index in [1.54, 1.807) is 24.3 Å². The number of benzene rings is 2. The topological polar surface area (TPSA) is 68.0 Å². The number of hydrogen-bond acceptors (Lipinski definition) is 5. The van der Waals surface area contributed by atoms with Crippen molar-refractivity contribution < 1.29 is 9.21 Å². The summed E-state index contributed by atoms with van der Waals surface area (Å²) in [5.41, 5.74) is 1.75. The summed E-state index contributed by atoms with van der Waals surface area (Å²) in [6, 6.07) is 16.8. The molecule has 0 spiro atoms. The average molecular weight is 370 g/mol. The van der Waals surface area contributed by atoms with E-state index >= 15 is 0 Å². The maximum atomic E-state index is 12.3. The van der Waals surface area contributed by atoms with Crippen LogP contribution >= 0.6 is 22.9 Å². The number of carbonyl (C=O) groups is 1. The van der Waals surface area contributed by atoms with Crippen LogP contribution in [-0.2, 0) is 6.42 Å². The summed E-state index contributed by atoms with van der Waals surface area (Å²) in [7, 11) is 0. The van der Waals surface area contributed by atoms with E-state index in [2.05, 4.69) is 15.5 Å². The lowest BCUT2D eigenvalue weighted by molar-refractivity contribution is 0.0998. The molecule has 0 saturated carbocycles. The summed E-state index contributed by atoms with van der Waals surface area (Å²) >= 11 is 7.29. The Morgan fingerprint density at radius 1 is 1.12 bits per heavy atom. The number of carbonyl (C=O) groups excluding carboxylic acids is 1. The maximum Gasteiger partial charge on any atom is 0.293 e. The Hall–Kier alpha value is -2.70. The molecule has 2 aromatic heterocycles. The third kappa shape index (κ3) is 3.55. The summed E-state index contributed by atoms with van der Waals surface area (Å²) in [5, 5.41) is 13.5. The molecular formula is C18H12ClN3O2S. The van der Waals surface area contributed by atoms with Gasteiger partial charge in [0.2, 0.25) is 5.13 Å². The van der Waals surface area contributed by atoms with Gasteiger partial charge >= 0.3 is 0 Å². The second kappa shape index (κ2) is 6.66. The van der Waals surface area contributed by atoms with Crippen LogP contribution < -0.4 is 5.32 Å². The molecule has 0 fully saturated rings. The molecule has 0 aliphatic heterocycles. The van der Waals surface area contributed by atoms with Crippen LogP contribution in [0.3, 0.4) is 0 Å². The van der Waals surface area contributed by atoms with E-state index < -0.39 is 0 Å². The molecule has 0 aliphatic carbocycles. The first kappa shape index (κ1) is 15.8. The van der Waals surface area contributed by atoms with Crippen molar-refractivity contribution in [2.75, 3.05) is 5.32 Å². The highest BCUT2D eigenvalue weighted by Crippen LogP contribution is 2.24. The molecule has 1 N–H and O–H groups in total. The number of furan rings is 1. The molecule has 0 bridgehead atoms. The fourth-order valence-electron chi connectivity index (χ4n) is 2.43. The van der Waals surface area contributed by atoms with Crippen LogP contribution in [0, 0.1) is 0 Å². The summed E-state index contributed by atoms with van der Waals surface area (Å²) < 4.78 is 5.55. The van der Waals surface area contributed by atoms with E-state index in [0.29, 0.717) is 22.2 Å². The van der Waals surface area contributed by atoms with E-state index in [1.165, 1.54) is 11.3 Å². The van der Waals surface area contributed by atoms with Gasteiger partial charge in [0.15, 0.2) is 5.76 Å². The third-order valence-corrected chi connectivity index (χ3v) is 4.66. The second-order valence-electron chi connectivity index (χ2n) is 5.41. The summed E-state index contributed by atoms with van der Waals surface area (Å²) in [6.07, 6.45) is 0.678. The van der Waals surface area contributed by atoms with E-state index in [1.807, 2.05) is 30.3 Å². The summed E-state index contributed by atoms with van der Waals surface area (Å²) in [4.78, 5) is 12.3. The van der Waals surface area contributed by atoms with Crippen molar-refractivity contribution in [2.24, 2.45) is 0 Å². The van der Waals surface area contributed by atoms with E-state index in [4.69, 9.17) is 16.0 Å². The second-order valence-corrected chi connectivity index (χ2v) is 6.91. The first-order valence-electron chi connectivity index (χ1n) is 7.54. The Bertz CT molecular complexity index is 1040. The minimum absolute atomic E-state index is 0.206. The number of nitrogens with one attached hydrogen (secondary N) is 1. The Morgan fingerprint density at radius 3 is 2.80 bits per heavy atom. The van der Waals surface area contributed by atoms with Crippen molar-refractivity contribution in [3.05, 3.63) is 76.0 Å². The van der Waals surface area contributed by atoms with E-state index in [-0.39, 0.29) is 11.7 Å². The van der Waals surface area contributed by atoms with Gasteiger partial charge in [-0.25, -0.2) is 0 Å². The molecule has 25 heavy (non-hydrogen) atoms. The number of aromatic nitrogens is 2. The Kier molecular flexibility index (Phi) is 4.21. The quantitative estimate of drug-likeness (QED) is 0.562. The van der Waals surface area contributed by atoms with Crippen LogP contribution in [0.2, 0.25) is 5.02 Å². The average Bonchev–Trinajstić information content (AvgIpc) is 3.22. The Morgan fingerprint density at radius 2 is 1.96 bits per heavy atom. The van der Waals surface area contributed by atoms with Gasteiger partial charge in [0, 0.05) is 16.8 Å². The zero-order valence-corrected chi connectivity index (χ0v) is 14.5. The SMILES string of the molecule is O=C(Nc1nnc(Cc2ccccc2)s1)c1cc2cc(Cl)ccc2o1. The van der Waals surface area contributed by atoms with Gasteiger partial charge in [0.25, 0.3) is 5.91 Å². The molecule has 0 radical (unpaired) electrons. The fourth-order valence-corrected chi connectivity index (χ4v) is 3.38. The first-order valence-corrected chi connectivity index (χ1v) is 8.73. The Labute approximate surface area is 152 Å². The molecule has 1 amide bonds. The fraction of sp³-hybridized carbons (Fsp3) is 0.0556. The van der Waals surface area contributed by atoms with Crippen molar-refractivity contribution in [1.82, 2.24) is 10.2 Å². The predicted molar refractivity (Wildman–Crippen MR) is 98.3 cm³/mol. The van der Waals surface area contributed by atoms with Crippen LogP contribution in [0.5, 0.6) is 0 Å². The molecule has 2 heterocycles. The molecule has 7 heteroatoms. The number of fused-ring (bicyclic) bond motifs is 1. The van der Waals surface area contributed by atoms with Gasteiger partial charge in [-0.1, -0.05) is 53.3 Å². The van der Waals surface area contributed by atoms with Crippen molar-refractivity contribution in [3.8, 4) is 0 Å². The number of amides is 1. The third-order valence-electron chi connectivity index (χ3n) is 3.59. The molecular weight excluding hydrogens is 358 g/mol. The number of nitrogens with zero attached hydrogens (tertiary/aromatic N) is 2. The summed E-state index contributed by atoms with van der Waals surface area (Å²) in [5.74, 6) is -0.160. The molecule has 0 unspecified atom stereocenters. The number of anilines is 1. The monoisotopic (exact) mass is 369 g/mol. The number of halogens is 1. The first-order chi connectivity index (χ1) is 12.2. The lowest BCUT2D eigenvalue weighted by Crippen LogP contribution is -2.10. The minimum atomic E-state index is -0.366. The maximum absolute atomic E-state index is 12.3. The molecule has 4 rings (SSSR count). The highest BCUT2D eigenvalue weighted by atomic mass is 35.5. The molecule has 124 valence electrons. The van der Waals surface area contributed by atoms with Gasteiger partial charge in [-0.3, -0.25) is 10.1 Å². The van der Waals surface area contributed by atoms with Crippen LogP contribution in [0.4, 0.5) is 5.13 Å². The van der Waals surface area contributed by atoms with Crippen LogP contribution in [0.25, 0.3) is 11.0 Å². The van der Waals surface area contributed by atoms with Gasteiger partial charge in [0.05, 0.1) is 0 Å². The molecule has 4 aromatic rings. The van der Waals surface area contributed by atoms with Gasteiger partial charge in [-0.15, -0.1) is 10.2 Å². The molecule has 0 aliphatic rings. The van der Waals surface area contributed by atoms with Crippen LogP contribution in [0.15, 0.2) is 59.0 Å². The molecule has 5 nitrogen and oxygen atoms in total. The van der Waals surface area contributed by atoms with Gasteiger partial charge in [-0.2, -0.15) is 0 Å². The zero-order valence-electron chi connectivity index (χ0n) is 12.9. The largest absolute Gasteiger partial charge is 0.451 e. The van der Waals surface area contributed by atoms with Gasteiger partial charge < -0.3 is 4.42 Å². The molecule has 2 aromatic carbocycles. The Balaban J connectivity index is 1.48. The highest BCUT2D eigenvalue weighted by molar-refractivity contribution is 7.15. The minimum Gasteiger partial charge on any atom is -0.451 e. The van der Waals surface area contributed by atoms with Crippen molar-refractivity contribution >= 4 is 44.9 Å². The van der Waals surface area contributed by atoms with Crippen molar-refractivity contribution in [2.45, 2.75) is 6.42 Å². The standard InChI is InChI=1S/C18H12ClN3O2S/c19-13-6-7-14-12(9-13)10-15(24-14)17(23)20-18-22-21-16(25-18)8-11-4-2-1-3-5-11/h1-7,9-10H,8H2,(H,20,22,23). The smallest absolute Gasteiger partial charge is 0.293 e. The van der Waals surface area contributed by atoms with Crippen LogP contribution in [-0.4, -0.2) is 16.1 Å². The number of hydrogen-bond donors (Lipinski definition) is 1.